The molecule has 4 aromatic carbocycles. The average Bonchev–Trinajstić information content (AvgIpc) is 2.73. The molecule has 0 aliphatic rings. The third kappa shape index (κ3) is 3.11. The Labute approximate surface area is 172 Å². The Balaban J connectivity index is 2.24. The van der Waals surface area contributed by atoms with Crippen LogP contribution in [0.1, 0.15) is 16.7 Å². The fraction of sp³-hybridized carbons (Fsp3) is 0.111. The molecule has 0 aromatic heterocycles. The molecule has 139 valence electrons. The second-order valence-corrected chi connectivity index (χ2v) is 16.8. The maximum absolute atomic E-state index is 3.35. The molecule has 1 radical (unpaired) electrons. The van der Waals surface area contributed by atoms with Gasteiger partial charge in [-0.1, -0.05) is 0 Å². The van der Waals surface area contributed by atoms with E-state index < -0.39 is 18.8 Å². The van der Waals surface area contributed by atoms with E-state index in [-0.39, 0.29) is 0 Å². The number of rotatable bonds is 4. The van der Waals surface area contributed by atoms with Crippen molar-refractivity contribution in [3.05, 3.63) is 120 Å². The molecule has 28 heavy (non-hydrogen) atoms. The third-order valence-electron chi connectivity index (χ3n) is 5.57. The van der Waals surface area contributed by atoms with E-state index in [9.17, 15) is 0 Å². The Morgan fingerprint density at radius 1 is 0.393 bits per heavy atom. The first-order valence-corrected chi connectivity index (χ1v) is 14.9. The van der Waals surface area contributed by atoms with Crippen LogP contribution in [0.3, 0.4) is 0 Å². The van der Waals surface area contributed by atoms with Gasteiger partial charge in [-0.25, -0.2) is 0 Å². The molecule has 4 aromatic rings. The fourth-order valence-electron chi connectivity index (χ4n) is 4.28. The van der Waals surface area contributed by atoms with Gasteiger partial charge in [-0.05, 0) is 0 Å². The van der Waals surface area contributed by atoms with Gasteiger partial charge in [-0.2, -0.15) is 0 Å². The minimum absolute atomic E-state index is 1.39. The van der Waals surface area contributed by atoms with Crippen molar-refractivity contribution in [2.45, 2.75) is 20.8 Å². The van der Waals surface area contributed by atoms with Crippen molar-refractivity contribution in [1.29, 1.82) is 0 Å². The molecule has 1 heteroatoms. The molecule has 0 heterocycles. The zero-order chi connectivity index (χ0) is 19.6. The van der Waals surface area contributed by atoms with Crippen molar-refractivity contribution >= 4 is 32.8 Å². The number of hydrogen-bond acceptors (Lipinski definition) is 0. The van der Waals surface area contributed by atoms with Crippen molar-refractivity contribution in [1.82, 2.24) is 0 Å². The van der Waals surface area contributed by atoms with Gasteiger partial charge in [0.2, 0.25) is 0 Å². The van der Waals surface area contributed by atoms with Gasteiger partial charge in [0.15, 0.2) is 0 Å². The van der Waals surface area contributed by atoms with Crippen molar-refractivity contribution in [2.75, 3.05) is 0 Å². The van der Waals surface area contributed by atoms with Crippen LogP contribution in [0.15, 0.2) is 103 Å². The molecular formula is C27H26Sb. The summed E-state index contributed by atoms with van der Waals surface area (Å²) in [5.41, 5.74) is 4.18. The zero-order valence-corrected chi connectivity index (χ0v) is 19.3. The Bertz CT molecular complexity index is 985. The maximum atomic E-state index is 2.38. The predicted octanol–water partition coefficient (Wildman–Crippen LogP) is 3.99. The van der Waals surface area contributed by atoms with Crippen molar-refractivity contribution < 1.29 is 0 Å². The predicted molar refractivity (Wildman–Crippen MR) is 124 cm³/mol. The van der Waals surface area contributed by atoms with Gasteiger partial charge in [-0.3, -0.25) is 0 Å². The van der Waals surface area contributed by atoms with Crippen LogP contribution in [-0.2, 0) is 0 Å². The molecule has 0 saturated carbocycles. The van der Waals surface area contributed by atoms with Crippen LogP contribution in [0.4, 0.5) is 0 Å². The number of aryl methyl sites for hydroxylation is 3. The van der Waals surface area contributed by atoms with Crippen molar-refractivity contribution in [3.8, 4) is 0 Å². The van der Waals surface area contributed by atoms with E-state index >= 15 is 0 Å². The van der Waals surface area contributed by atoms with E-state index in [1.165, 1.54) is 30.7 Å². The molecule has 0 nitrogen and oxygen atoms in total. The molecule has 0 fully saturated rings. The molecule has 0 spiro atoms. The summed E-state index contributed by atoms with van der Waals surface area (Å²) in [7, 11) is 0. The molecule has 0 atom stereocenters. The van der Waals surface area contributed by atoms with Crippen LogP contribution in [0.5, 0.6) is 0 Å². The molecule has 0 amide bonds. The fourth-order valence-corrected chi connectivity index (χ4v) is 18.5. The molecule has 4 rings (SSSR count). The van der Waals surface area contributed by atoms with Crippen LogP contribution >= 0.6 is 0 Å². The van der Waals surface area contributed by atoms with Gasteiger partial charge in [0.25, 0.3) is 0 Å². The monoisotopic (exact) mass is 471 g/mol. The van der Waals surface area contributed by atoms with Gasteiger partial charge in [0.05, 0.1) is 0 Å². The van der Waals surface area contributed by atoms with Crippen molar-refractivity contribution in [3.63, 3.8) is 0 Å². The number of benzene rings is 4. The average molecular weight is 472 g/mol. The first-order chi connectivity index (χ1) is 13.7. The van der Waals surface area contributed by atoms with E-state index in [1.807, 2.05) is 0 Å². The van der Waals surface area contributed by atoms with Crippen LogP contribution in [-0.4, -0.2) is 18.8 Å². The summed E-state index contributed by atoms with van der Waals surface area (Å²) in [5, 5.41) is 0. The summed E-state index contributed by atoms with van der Waals surface area (Å²) in [5.74, 6) is 0. The van der Waals surface area contributed by atoms with E-state index in [4.69, 9.17) is 0 Å². The summed E-state index contributed by atoms with van der Waals surface area (Å²) < 4.78 is 6.11. The van der Waals surface area contributed by atoms with Crippen LogP contribution in [0.2, 0.25) is 0 Å². The molecule has 0 bridgehead atoms. The summed E-state index contributed by atoms with van der Waals surface area (Å²) in [6, 6.07) is 38.3. The molecule has 0 aliphatic carbocycles. The van der Waals surface area contributed by atoms with Crippen LogP contribution in [0, 0.1) is 20.8 Å². The SMILES string of the molecule is Cc1cccc[c]1[Sb]([c]1ccccc1)([c]1ccccc1C)[c]1ccccc1C. The molecular weight excluding hydrogens is 446 g/mol. The summed E-state index contributed by atoms with van der Waals surface area (Å²) >= 11 is -3.35. The Morgan fingerprint density at radius 3 is 1.07 bits per heavy atom. The molecule has 0 aliphatic heterocycles. The molecule has 0 saturated heterocycles. The normalized spacial score (nSPS) is 11.4. The summed E-state index contributed by atoms with van der Waals surface area (Å²) in [6.45, 7) is 6.83. The van der Waals surface area contributed by atoms with Gasteiger partial charge >= 0.3 is 173 Å². The standard InChI is InChI=1S/3C7H7.C6H5.Sb/c3*1-7-5-3-2-4-6-7;1-2-4-6-5-3-1;/h3*2-5H,1H3;1-5H;. The first-order valence-electron chi connectivity index (χ1n) is 9.79. The first kappa shape index (κ1) is 19.0. The van der Waals surface area contributed by atoms with Crippen molar-refractivity contribution in [2.24, 2.45) is 0 Å². The second-order valence-electron chi connectivity index (χ2n) is 7.37. The van der Waals surface area contributed by atoms with Crippen LogP contribution in [0.25, 0.3) is 0 Å². The Hall–Kier alpha value is -2.30. The summed E-state index contributed by atoms with van der Waals surface area (Å²) in [4.78, 5) is 0. The van der Waals surface area contributed by atoms with E-state index in [0.29, 0.717) is 0 Å². The second kappa shape index (κ2) is 7.98. The summed E-state index contributed by atoms with van der Waals surface area (Å²) in [6.07, 6.45) is 0. The zero-order valence-electron chi connectivity index (χ0n) is 16.8. The quantitative estimate of drug-likeness (QED) is 0.395. The van der Waals surface area contributed by atoms with Gasteiger partial charge in [0.1, 0.15) is 0 Å². The van der Waals surface area contributed by atoms with E-state index in [2.05, 4.69) is 124 Å². The van der Waals surface area contributed by atoms with Gasteiger partial charge in [0, 0.05) is 0 Å². The van der Waals surface area contributed by atoms with Gasteiger partial charge < -0.3 is 0 Å². The molecule has 0 unspecified atom stereocenters. The van der Waals surface area contributed by atoms with Crippen LogP contribution < -0.4 is 14.0 Å². The van der Waals surface area contributed by atoms with E-state index in [1.54, 1.807) is 0 Å². The Morgan fingerprint density at radius 2 is 0.714 bits per heavy atom. The van der Waals surface area contributed by atoms with E-state index in [0.717, 1.165) is 0 Å². The number of hydrogen-bond donors (Lipinski definition) is 0. The Kier molecular flexibility index (Phi) is 5.42. The molecule has 0 N–H and O–H groups in total. The topological polar surface area (TPSA) is 0 Å². The third-order valence-corrected chi connectivity index (χ3v) is 19.1. The minimum atomic E-state index is -3.35. The van der Waals surface area contributed by atoms with Gasteiger partial charge in [-0.15, -0.1) is 0 Å².